The van der Waals surface area contributed by atoms with E-state index in [1.54, 1.807) is 30.1 Å². The van der Waals surface area contributed by atoms with Crippen molar-refractivity contribution >= 4 is 40.3 Å². The number of benzene rings is 1. The normalized spacial score (nSPS) is 20.4. The summed E-state index contributed by atoms with van der Waals surface area (Å²) >= 11 is 2.04. The van der Waals surface area contributed by atoms with Gasteiger partial charge in [-0.3, -0.25) is 0 Å². The lowest BCUT2D eigenvalue weighted by Crippen LogP contribution is -2.33. The standard InChI is InChI=1S/C14H17IN2O3/c1-8-5-9(8)7-17(2)14(20)16-12-4-3-10(15)6-11(12)13(18)19/h3-4,6,8-9H,5,7H2,1-2H3,(H,16,20)(H,18,19). The second kappa shape index (κ2) is 5.99. The largest absolute Gasteiger partial charge is 0.478 e. The van der Waals surface area contributed by atoms with Gasteiger partial charge in [-0.25, -0.2) is 9.59 Å². The van der Waals surface area contributed by atoms with Crippen molar-refractivity contribution in [2.45, 2.75) is 13.3 Å². The molecule has 1 aliphatic carbocycles. The van der Waals surface area contributed by atoms with Crippen LogP contribution in [-0.4, -0.2) is 35.6 Å². The van der Waals surface area contributed by atoms with Crippen molar-refractivity contribution in [1.29, 1.82) is 0 Å². The van der Waals surface area contributed by atoms with Crippen LogP contribution in [0, 0.1) is 15.4 Å². The number of anilines is 1. The minimum atomic E-state index is -1.04. The summed E-state index contributed by atoms with van der Waals surface area (Å²) in [5.41, 5.74) is 0.442. The zero-order valence-electron chi connectivity index (χ0n) is 11.4. The summed E-state index contributed by atoms with van der Waals surface area (Å²) in [5.74, 6) is 0.205. The Hall–Kier alpha value is -1.31. The Morgan fingerprint density at radius 3 is 2.70 bits per heavy atom. The number of amides is 2. The Balaban J connectivity index is 2.05. The lowest BCUT2D eigenvalue weighted by atomic mass is 10.2. The molecule has 2 amide bonds. The highest BCUT2D eigenvalue weighted by Gasteiger charge is 2.34. The van der Waals surface area contributed by atoms with Crippen LogP contribution >= 0.6 is 22.6 Å². The number of aromatic carboxylic acids is 1. The van der Waals surface area contributed by atoms with Gasteiger partial charge in [0.1, 0.15) is 0 Å². The van der Waals surface area contributed by atoms with Crippen LogP contribution in [0.3, 0.4) is 0 Å². The number of carboxylic acids is 1. The van der Waals surface area contributed by atoms with Gasteiger partial charge in [-0.1, -0.05) is 6.92 Å². The molecule has 0 aliphatic heterocycles. The molecule has 0 radical (unpaired) electrons. The maximum Gasteiger partial charge on any atom is 0.337 e. The van der Waals surface area contributed by atoms with Gasteiger partial charge in [-0.15, -0.1) is 0 Å². The minimum Gasteiger partial charge on any atom is -0.478 e. The highest BCUT2D eigenvalue weighted by atomic mass is 127. The topological polar surface area (TPSA) is 69.6 Å². The highest BCUT2D eigenvalue weighted by molar-refractivity contribution is 14.1. The number of rotatable bonds is 4. The number of halogens is 1. The molecule has 2 unspecified atom stereocenters. The van der Waals surface area contributed by atoms with Crippen molar-refractivity contribution in [3.05, 3.63) is 27.3 Å². The van der Waals surface area contributed by atoms with Gasteiger partial charge in [0.2, 0.25) is 0 Å². The molecule has 0 spiro atoms. The average Bonchev–Trinajstić information content (AvgIpc) is 3.06. The first kappa shape index (κ1) is 15.1. The summed E-state index contributed by atoms with van der Waals surface area (Å²) < 4.78 is 0.818. The number of carboxylic acid groups (broad SMARTS) is 1. The van der Waals surface area contributed by atoms with E-state index >= 15 is 0 Å². The van der Waals surface area contributed by atoms with E-state index in [-0.39, 0.29) is 11.6 Å². The average molecular weight is 388 g/mol. The number of hydrogen-bond acceptors (Lipinski definition) is 2. The molecule has 0 bridgehead atoms. The van der Waals surface area contributed by atoms with E-state index in [2.05, 4.69) is 12.2 Å². The van der Waals surface area contributed by atoms with Gasteiger partial charge in [0.05, 0.1) is 11.3 Å². The summed E-state index contributed by atoms with van der Waals surface area (Å²) in [5, 5.41) is 11.8. The monoisotopic (exact) mass is 388 g/mol. The van der Waals surface area contributed by atoms with Gasteiger partial charge >= 0.3 is 12.0 Å². The maximum absolute atomic E-state index is 12.1. The van der Waals surface area contributed by atoms with Crippen LogP contribution in [0.1, 0.15) is 23.7 Å². The summed E-state index contributed by atoms with van der Waals surface area (Å²) in [6.07, 6.45) is 1.15. The highest BCUT2D eigenvalue weighted by Crippen LogP contribution is 2.38. The van der Waals surface area contributed by atoms with Gasteiger partial charge in [0.25, 0.3) is 0 Å². The molecule has 0 heterocycles. The molecule has 108 valence electrons. The number of urea groups is 1. The Labute approximate surface area is 131 Å². The molecule has 20 heavy (non-hydrogen) atoms. The van der Waals surface area contributed by atoms with Crippen LogP contribution in [0.25, 0.3) is 0 Å². The van der Waals surface area contributed by atoms with E-state index in [4.69, 9.17) is 5.11 Å². The Morgan fingerprint density at radius 1 is 1.50 bits per heavy atom. The third kappa shape index (κ3) is 3.62. The van der Waals surface area contributed by atoms with E-state index < -0.39 is 5.97 Å². The van der Waals surface area contributed by atoms with Gasteiger partial charge in [0, 0.05) is 17.2 Å². The SMILES string of the molecule is CC1CC1CN(C)C(=O)Nc1ccc(I)cc1C(=O)O. The Bertz CT molecular complexity index is 547. The fourth-order valence-electron chi connectivity index (χ4n) is 2.10. The van der Waals surface area contributed by atoms with Crippen LogP contribution < -0.4 is 5.32 Å². The van der Waals surface area contributed by atoms with Gasteiger partial charge in [-0.05, 0) is 59.0 Å². The van der Waals surface area contributed by atoms with Crippen molar-refractivity contribution in [2.24, 2.45) is 11.8 Å². The predicted molar refractivity (Wildman–Crippen MR) is 85.0 cm³/mol. The zero-order chi connectivity index (χ0) is 14.9. The van der Waals surface area contributed by atoms with Crippen molar-refractivity contribution in [3.63, 3.8) is 0 Å². The molecule has 1 aromatic rings. The minimum absolute atomic E-state index is 0.110. The second-order valence-corrected chi connectivity index (χ2v) is 6.52. The fraction of sp³-hybridized carbons (Fsp3) is 0.429. The van der Waals surface area contributed by atoms with E-state index in [0.717, 1.165) is 9.99 Å². The molecule has 1 saturated carbocycles. The Morgan fingerprint density at radius 2 is 2.15 bits per heavy atom. The van der Waals surface area contributed by atoms with Crippen LogP contribution in [0.5, 0.6) is 0 Å². The number of hydrogen-bond donors (Lipinski definition) is 2. The lowest BCUT2D eigenvalue weighted by molar-refractivity contribution is 0.0698. The molecule has 0 aromatic heterocycles. The number of nitrogens with one attached hydrogen (secondary N) is 1. The van der Waals surface area contributed by atoms with E-state index in [0.29, 0.717) is 24.1 Å². The summed E-state index contributed by atoms with van der Waals surface area (Å²) in [6, 6.07) is 4.66. The second-order valence-electron chi connectivity index (χ2n) is 5.28. The first-order valence-corrected chi connectivity index (χ1v) is 7.51. The maximum atomic E-state index is 12.1. The summed E-state index contributed by atoms with van der Waals surface area (Å²) in [6.45, 7) is 2.87. The molecular weight excluding hydrogens is 371 g/mol. The first-order valence-electron chi connectivity index (χ1n) is 6.43. The molecule has 1 fully saturated rings. The van der Waals surface area contributed by atoms with Crippen LogP contribution in [0.4, 0.5) is 10.5 Å². The third-order valence-corrected chi connectivity index (χ3v) is 4.26. The number of carbonyl (C=O) groups excluding carboxylic acids is 1. The molecule has 1 aromatic carbocycles. The van der Waals surface area contributed by atoms with Gasteiger partial charge < -0.3 is 15.3 Å². The van der Waals surface area contributed by atoms with Crippen LogP contribution in [0.2, 0.25) is 0 Å². The van der Waals surface area contributed by atoms with E-state index in [1.807, 2.05) is 22.6 Å². The summed E-state index contributed by atoms with van der Waals surface area (Å²) in [7, 11) is 1.73. The van der Waals surface area contributed by atoms with E-state index in [9.17, 15) is 9.59 Å². The lowest BCUT2D eigenvalue weighted by Gasteiger charge is -2.18. The van der Waals surface area contributed by atoms with Crippen molar-refractivity contribution in [2.75, 3.05) is 18.9 Å². The third-order valence-electron chi connectivity index (χ3n) is 3.58. The van der Waals surface area contributed by atoms with Gasteiger partial charge in [-0.2, -0.15) is 0 Å². The molecule has 5 nitrogen and oxygen atoms in total. The number of nitrogens with zero attached hydrogens (tertiary/aromatic N) is 1. The molecule has 2 N–H and O–H groups in total. The molecule has 0 saturated heterocycles. The molecule has 2 atom stereocenters. The van der Waals surface area contributed by atoms with Crippen LogP contribution in [0.15, 0.2) is 18.2 Å². The van der Waals surface area contributed by atoms with E-state index in [1.165, 1.54) is 0 Å². The predicted octanol–water partition coefficient (Wildman–Crippen LogP) is 3.11. The molecule has 2 rings (SSSR count). The Kier molecular flexibility index (Phi) is 4.52. The van der Waals surface area contributed by atoms with Crippen LogP contribution in [-0.2, 0) is 0 Å². The fourth-order valence-corrected chi connectivity index (χ4v) is 2.59. The molecule has 1 aliphatic rings. The zero-order valence-corrected chi connectivity index (χ0v) is 13.5. The van der Waals surface area contributed by atoms with Gasteiger partial charge in [0.15, 0.2) is 0 Å². The molecule has 6 heteroatoms. The summed E-state index contributed by atoms with van der Waals surface area (Å²) in [4.78, 5) is 24.9. The molecular formula is C14H17IN2O3. The first-order chi connectivity index (χ1) is 9.38. The quantitative estimate of drug-likeness (QED) is 0.779. The number of carbonyl (C=O) groups is 2. The smallest absolute Gasteiger partial charge is 0.337 e. The van der Waals surface area contributed by atoms with Crippen molar-refractivity contribution in [3.8, 4) is 0 Å². The van der Waals surface area contributed by atoms with Crippen molar-refractivity contribution < 1.29 is 14.7 Å². The van der Waals surface area contributed by atoms with Crippen molar-refractivity contribution in [1.82, 2.24) is 4.90 Å².